The number of aromatic nitrogens is 2. The summed E-state index contributed by atoms with van der Waals surface area (Å²) in [4.78, 5) is 16.5. The van der Waals surface area contributed by atoms with Crippen LogP contribution in [0.2, 0.25) is 0 Å². The van der Waals surface area contributed by atoms with Gasteiger partial charge in [-0.05, 0) is 37.7 Å². The maximum atomic E-state index is 12.5. The molecule has 1 aromatic heterocycles. The molecule has 0 bridgehead atoms. The van der Waals surface area contributed by atoms with Gasteiger partial charge in [-0.1, -0.05) is 6.92 Å². The highest BCUT2D eigenvalue weighted by atomic mass is 16.2. The molecule has 2 fully saturated rings. The Hall–Kier alpha value is -1.72. The molecule has 2 N–H and O–H groups in total. The van der Waals surface area contributed by atoms with Crippen molar-refractivity contribution in [3.63, 3.8) is 0 Å². The SMILES string of the molecule is CC1CCN(C(=O)N2CCC(n3ccc(N)n3)CC2)CC1. The van der Waals surface area contributed by atoms with Gasteiger partial charge in [0.25, 0.3) is 0 Å². The number of nitrogen functional groups attached to an aromatic ring is 1. The number of carbonyl (C=O) groups excluding carboxylic acids is 1. The van der Waals surface area contributed by atoms with Crippen LogP contribution >= 0.6 is 0 Å². The normalized spacial score (nSPS) is 21.8. The standard InChI is InChI=1S/C15H25N5O/c1-12-2-7-18(8-3-12)15(21)19-9-4-13(5-10-19)20-11-6-14(16)17-20/h6,11-13H,2-5,7-10H2,1H3,(H2,16,17). The zero-order valence-electron chi connectivity index (χ0n) is 12.7. The van der Waals surface area contributed by atoms with Gasteiger partial charge in [-0.2, -0.15) is 5.10 Å². The predicted octanol–water partition coefficient (Wildman–Crippen LogP) is 1.95. The third-order valence-corrected chi connectivity index (χ3v) is 4.79. The van der Waals surface area contributed by atoms with Gasteiger partial charge < -0.3 is 15.5 Å². The van der Waals surface area contributed by atoms with Crippen molar-refractivity contribution in [3.8, 4) is 0 Å². The van der Waals surface area contributed by atoms with Gasteiger partial charge >= 0.3 is 6.03 Å². The summed E-state index contributed by atoms with van der Waals surface area (Å²) < 4.78 is 1.94. The van der Waals surface area contributed by atoms with Crippen LogP contribution in [-0.2, 0) is 0 Å². The second-order valence-electron chi connectivity index (χ2n) is 6.39. The highest BCUT2D eigenvalue weighted by Gasteiger charge is 2.28. The van der Waals surface area contributed by atoms with Crippen LogP contribution in [0.4, 0.5) is 10.6 Å². The summed E-state index contributed by atoms with van der Waals surface area (Å²) in [5.74, 6) is 1.32. The summed E-state index contributed by atoms with van der Waals surface area (Å²) in [6.45, 7) is 5.72. The molecule has 2 aliphatic rings. The average Bonchev–Trinajstić information content (AvgIpc) is 2.94. The highest BCUT2D eigenvalue weighted by Crippen LogP contribution is 2.24. The lowest BCUT2D eigenvalue weighted by molar-refractivity contribution is 0.117. The van der Waals surface area contributed by atoms with Crippen LogP contribution in [0.1, 0.15) is 38.6 Å². The molecule has 0 spiro atoms. The third-order valence-electron chi connectivity index (χ3n) is 4.79. The number of hydrogen-bond donors (Lipinski definition) is 1. The number of amides is 2. The first-order valence-electron chi connectivity index (χ1n) is 7.98. The lowest BCUT2D eigenvalue weighted by Crippen LogP contribution is -2.49. The molecule has 0 atom stereocenters. The molecule has 0 unspecified atom stereocenters. The van der Waals surface area contributed by atoms with Crippen LogP contribution in [0.5, 0.6) is 0 Å². The Balaban J connectivity index is 1.52. The number of hydrogen-bond acceptors (Lipinski definition) is 3. The van der Waals surface area contributed by atoms with Gasteiger partial charge in [0.2, 0.25) is 0 Å². The van der Waals surface area contributed by atoms with Crippen molar-refractivity contribution in [1.82, 2.24) is 19.6 Å². The van der Waals surface area contributed by atoms with E-state index in [0.717, 1.165) is 57.8 Å². The summed E-state index contributed by atoms with van der Waals surface area (Å²) in [6.07, 6.45) is 6.11. The lowest BCUT2D eigenvalue weighted by Gasteiger charge is -2.38. The van der Waals surface area contributed by atoms with Gasteiger partial charge in [-0.15, -0.1) is 0 Å². The summed E-state index contributed by atoms with van der Waals surface area (Å²) in [5.41, 5.74) is 5.67. The van der Waals surface area contributed by atoms with E-state index in [0.29, 0.717) is 11.9 Å². The highest BCUT2D eigenvalue weighted by molar-refractivity contribution is 5.74. The molecule has 1 aromatic rings. The molecule has 0 aromatic carbocycles. The number of nitrogens with two attached hydrogens (primary N) is 1. The fraction of sp³-hybridized carbons (Fsp3) is 0.733. The van der Waals surface area contributed by atoms with Gasteiger partial charge in [0.15, 0.2) is 0 Å². The molecule has 6 heteroatoms. The van der Waals surface area contributed by atoms with Crippen LogP contribution in [0.15, 0.2) is 12.3 Å². The molecule has 21 heavy (non-hydrogen) atoms. The predicted molar refractivity (Wildman–Crippen MR) is 81.9 cm³/mol. The molecule has 2 aliphatic heterocycles. The van der Waals surface area contributed by atoms with Gasteiger partial charge in [-0.3, -0.25) is 4.68 Å². The minimum atomic E-state index is 0.223. The number of likely N-dealkylation sites (tertiary alicyclic amines) is 2. The molecule has 2 saturated heterocycles. The number of piperidine rings is 2. The zero-order chi connectivity index (χ0) is 14.8. The van der Waals surface area contributed by atoms with Crippen molar-refractivity contribution >= 4 is 11.8 Å². The first-order valence-corrected chi connectivity index (χ1v) is 7.98. The number of nitrogens with zero attached hydrogens (tertiary/aromatic N) is 4. The molecular formula is C15H25N5O. The van der Waals surface area contributed by atoms with Gasteiger partial charge in [-0.25, -0.2) is 4.79 Å². The topological polar surface area (TPSA) is 67.4 Å². The minimum absolute atomic E-state index is 0.223. The van der Waals surface area contributed by atoms with E-state index in [1.807, 2.05) is 26.7 Å². The monoisotopic (exact) mass is 291 g/mol. The molecule has 116 valence electrons. The lowest BCUT2D eigenvalue weighted by atomic mass is 9.99. The molecule has 2 amide bonds. The van der Waals surface area contributed by atoms with Gasteiger partial charge in [0.05, 0.1) is 6.04 Å². The van der Waals surface area contributed by atoms with Crippen LogP contribution in [0.25, 0.3) is 0 Å². The number of carbonyl (C=O) groups is 1. The molecular weight excluding hydrogens is 266 g/mol. The Bertz CT molecular complexity index is 484. The molecule has 0 saturated carbocycles. The van der Waals surface area contributed by atoms with Crippen LogP contribution in [0.3, 0.4) is 0 Å². The van der Waals surface area contributed by atoms with E-state index in [9.17, 15) is 4.79 Å². The Labute approximate surface area is 125 Å². The first-order chi connectivity index (χ1) is 10.1. The Morgan fingerprint density at radius 3 is 2.24 bits per heavy atom. The van der Waals surface area contributed by atoms with Crippen LogP contribution in [-0.4, -0.2) is 51.8 Å². The van der Waals surface area contributed by atoms with Crippen molar-refractivity contribution in [2.45, 2.75) is 38.6 Å². The van der Waals surface area contributed by atoms with Crippen LogP contribution < -0.4 is 5.73 Å². The number of anilines is 1. The summed E-state index contributed by atoms with van der Waals surface area (Å²) in [6, 6.07) is 2.42. The van der Waals surface area contributed by atoms with E-state index in [4.69, 9.17) is 5.73 Å². The quantitative estimate of drug-likeness (QED) is 0.860. The van der Waals surface area contributed by atoms with Gasteiger partial charge in [0.1, 0.15) is 5.82 Å². The van der Waals surface area contributed by atoms with E-state index in [1.54, 1.807) is 0 Å². The first kappa shape index (κ1) is 14.2. The van der Waals surface area contributed by atoms with E-state index < -0.39 is 0 Å². The smallest absolute Gasteiger partial charge is 0.320 e. The fourth-order valence-corrected chi connectivity index (χ4v) is 3.28. The average molecular weight is 291 g/mol. The summed E-state index contributed by atoms with van der Waals surface area (Å²) in [5, 5.41) is 4.28. The fourth-order valence-electron chi connectivity index (χ4n) is 3.28. The number of urea groups is 1. The molecule has 0 aliphatic carbocycles. The summed E-state index contributed by atoms with van der Waals surface area (Å²) in [7, 11) is 0. The van der Waals surface area contributed by atoms with Crippen molar-refractivity contribution in [2.75, 3.05) is 31.9 Å². The van der Waals surface area contributed by atoms with E-state index in [2.05, 4.69) is 12.0 Å². The van der Waals surface area contributed by atoms with Gasteiger partial charge in [0, 0.05) is 32.4 Å². The zero-order valence-corrected chi connectivity index (χ0v) is 12.7. The Kier molecular flexibility index (Phi) is 4.03. The van der Waals surface area contributed by atoms with E-state index in [-0.39, 0.29) is 6.03 Å². The maximum absolute atomic E-state index is 12.5. The third kappa shape index (κ3) is 3.14. The van der Waals surface area contributed by atoms with Crippen molar-refractivity contribution < 1.29 is 4.79 Å². The largest absolute Gasteiger partial charge is 0.382 e. The van der Waals surface area contributed by atoms with Crippen molar-refractivity contribution in [1.29, 1.82) is 0 Å². The van der Waals surface area contributed by atoms with Crippen molar-refractivity contribution in [3.05, 3.63) is 12.3 Å². The van der Waals surface area contributed by atoms with Crippen LogP contribution in [0, 0.1) is 5.92 Å². The summed E-state index contributed by atoms with van der Waals surface area (Å²) >= 11 is 0. The molecule has 3 heterocycles. The Morgan fingerprint density at radius 1 is 1.14 bits per heavy atom. The molecule has 3 rings (SSSR count). The van der Waals surface area contributed by atoms with E-state index in [1.165, 1.54) is 0 Å². The second kappa shape index (κ2) is 5.95. The molecule has 6 nitrogen and oxygen atoms in total. The Morgan fingerprint density at radius 2 is 1.71 bits per heavy atom. The maximum Gasteiger partial charge on any atom is 0.320 e. The second-order valence-corrected chi connectivity index (χ2v) is 6.39. The molecule has 0 radical (unpaired) electrons. The minimum Gasteiger partial charge on any atom is -0.382 e. The number of rotatable bonds is 1. The van der Waals surface area contributed by atoms with Crippen molar-refractivity contribution in [2.24, 2.45) is 5.92 Å². The van der Waals surface area contributed by atoms with E-state index >= 15 is 0 Å².